The summed E-state index contributed by atoms with van der Waals surface area (Å²) in [7, 11) is 0. The fourth-order valence-corrected chi connectivity index (χ4v) is 3.04. The summed E-state index contributed by atoms with van der Waals surface area (Å²) in [6.07, 6.45) is 4.55. The molecule has 1 aliphatic heterocycles. The average molecular weight is 312 g/mol. The average Bonchev–Trinajstić information content (AvgIpc) is 2.99. The van der Waals surface area contributed by atoms with Gasteiger partial charge in [0.2, 0.25) is 5.91 Å². The summed E-state index contributed by atoms with van der Waals surface area (Å²) in [6, 6.07) is 10.2. The molecule has 0 radical (unpaired) electrons. The van der Waals surface area contributed by atoms with Crippen molar-refractivity contribution in [2.75, 3.05) is 31.1 Å². The highest BCUT2D eigenvalue weighted by Gasteiger charge is 2.24. The molecule has 2 heterocycles. The van der Waals surface area contributed by atoms with Gasteiger partial charge in [0.05, 0.1) is 0 Å². The molecular weight excluding hydrogens is 288 g/mol. The number of aryl methyl sites for hydroxylation is 1. The molecule has 3 rings (SSSR count). The molecule has 23 heavy (non-hydrogen) atoms. The van der Waals surface area contributed by atoms with Crippen molar-refractivity contribution in [1.29, 1.82) is 0 Å². The van der Waals surface area contributed by atoms with E-state index in [0.717, 1.165) is 32.6 Å². The van der Waals surface area contributed by atoms with E-state index in [9.17, 15) is 4.79 Å². The van der Waals surface area contributed by atoms with E-state index < -0.39 is 0 Å². The van der Waals surface area contributed by atoms with Gasteiger partial charge < -0.3 is 9.80 Å². The second-order valence-corrected chi connectivity index (χ2v) is 6.16. The normalized spacial score (nSPS) is 17.0. The molecule has 1 amide bonds. The molecular formula is C18H24N4O. The molecule has 1 aliphatic rings. The van der Waals surface area contributed by atoms with Crippen molar-refractivity contribution in [3.8, 4) is 0 Å². The van der Waals surface area contributed by atoms with E-state index in [4.69, 9.17) is 0 Å². The van der Waals surface area contributed by atoms with Gasteiger partial charge in [0.25, 0.3) is 0 Å². The monoisotopic (exact) mass is 312 g/mol. The number of nitrogens with zero attached hydrogens (tertiary/aromatic N) is 4. The minimum Gasteiger partial charge on any atom is -0.370 e. The molecule has 1 atom stereocenters. The van der Waals surface area contributed by atoms with Crippen LogP contribution >= 0.6 is 0 Å². The summed E-state index contributed by atoms with van der Waals surface area (Å²) >= 11 is 0. The summed E-state index contributed by atoms with van der Waals surface area (Å²) in [5, 5.41) is 4.19. The molecule has 5 nitrogen and oxygen atoms in total. The zero-order valence-electron chi connectivity index (χ0n) is 13.9. The molecule has 1 fully saturated rings. The number of hydrogen-bond acceptors (Lipinski definition) is 3. The first kappa shape index (κ1) is 15.6. The van der Waals surface area contributed by atoms with Gasteiger partial charge in [-0.25, -0.2) is 0 Å². The van der Waals surface area contributed by atoms with Crippen molar-refractivity contribution in [1.82, 2.24) is 14.7 Å². The number of carbonyl (C=O) groups is 1. The molecule has 5 heteroatoms. The Kier molecular flexibility index (Phi) is 4.65. The highest BCUT2D eigenvalue weighted by molar-refractivity contribution is 5.80. The van der Waals surface area contributed by atoms with E-state index >= 15 is 0 Å². The van der Waals surface area contributed by atoms with E-state index in [0.29, 0.717) is 0 Å². The Labute approximate surface area is 137 Å². The minimum atomic E-state index is -0.240. The second-order valence-electron chi connectivity index (χ2n) is 6.16. The van der Waals surface area contributed by atoms with E-state index in [2.05, 4.69) is 41.2 Å². The Balaban J connectivity index is 1.64. The lowest BCUT2D eigenvalue weighted by molar-refractivity contribution is -0.134. The van der Waals surface area contributed by atoms with Gasteiger partial charge in [-0.05, 0) is 38.5 Å². The van der Waals surface area contributed by atoms with Crippen molar-refractivity contribution >= 4 is 11.6 Å². The van der Waals surface area contributed by atoms with Crippen LogP contribution in [-0.2, 0) is 4.79 Å². The highest BCUT2D eigenvalue weighted by Crippen LogP contribution is 2.18. The highest BCUT2D eigenvalue weighted by atomic mass is 16.2. The van der Waals surface area contributed by atoms with Gasteiger partial charge in [0, 0.05) is 44.3 Å². The quantitative estimate of drug-likeness (QED) is 0.874. The number of benzene rings is 1. The molecule has 1 saturated heterocycles. The summed E-state index contributed by atoms with van der Waals surface area (Å²) in [5.41, 5.74) is 2.51. The number of carbonyl (C=O) groups excluding carboxylic acids is 1. The Morgan fingerprint density at radius 3 is 2.61 bits per heavy atom. The molecule has 1 unspecified atom stereocenters. The first-order chi connectivity index (χ1) is 11.1. The summed E-state index contributed by atoms with van der Waals surface area (Å²) in [5.74, 6) is 0.152. The lowest BCUT2D eigenvalue weighted by atomic mass is 10.2. The van der Waals surface area contributed by atoms with E-state index in [1.165, 1.54) is 11.3 Å². The van der Waals surface area contributed by atoms with Crippen LogP contribution in [0.3, 0.4) is 0 Å². The fourth-order valence-electron chi connectivity index (χ4n) is 3.04. The number of amides is 1. The summed E-state index contributed by atoms with van der Waals surface area (Å²) < 4.78 is 1.73. The number of hydrogen-bond donors (Lipinski definition) is 0. The van der Waals surface area contributed by atoms with Gasteiger partial charge in [-0.3, -0.25) is 9.48 Å². The van der Waals surface area contributed by atoms with Gasteiger partial charge in [-0.2, -0.15) is 5.10 Å². The van der Waals surface area contributed by atoms with Crippen LogP contribution in [0.4, 0.5) is 5.69 Å². The lowest BCUT2D eigenvalue weighted by Gasteiger charge is -2.25. The number of anilines is 1. The maximum Gasteiger partial charge on any atom is 0.247 e. The Morgan fingerprint density at radius 1 is 1.13 bits per heavy atom. The van der Waals surface area contributed by atoms with Crippen molar-refractivity contribution in [3.63, 3.8) is 0 Å². The van der Waals surface area contributed by atoms with Gasteiger partial charge in [0.15, 0.2) is 0 Å². The molecule has 0 N–H and O–H groups in total. The molecule has 122 valence electrons. The molecule has 1 aromatic carbocycles. The molecule has 2 aromatic rings. The standard InChI is InChI=1S/C18H24N4O/c1-15-5-7-17(8-6-15)20-10-4-11-21(14-13-20)18(23)16(2)22-12-3-9-19-22/h3,5-9,12,16H,4,10-11,13-14H2,1-2H3. The van der Waals surface area contributed by atoms with Crippen LogP contribution < -0.4 is 4.90 Å². The van der Waals surface area contributed by atoms with Gasteiger partial charge in [0.1, 0.15) is 6.04 Å². The zero-order valence-corrected chi connectivity index (χ0v) is 13.9. The van der Waals surface area contributed by atoms with E-state index in [-0.39, 0.29) is 11.9 Å². The third-order valence-electron chi connectivity index (χ3n) is 4.49. The SMILES string of the molecule is Cc1ccc(N2CCCN(C(=O)C(C)n3cccn3)CC2)cc1. The van der Waals surface area contributed by atoms with Gasteiger partial charge in [-0.1, -0.05) is 17.7 Å². The number of aromatic nitrogens is 2. The van der Waals surface area contributed by atoms with E-state index in [1.54, 1.807) is 10.9 Å². The predicted molar refractivity (Wildman–Crippen MR) is 91.5 cm³/mol. The van der Waals surface area contributed by atoms with Crippen LogP contribution in [0.2, 0.25) is 0 Å². The summed E-state index contributed by atoms with van der Waals surface area (Å²) in [6.45, 7) is 7.45. The third kappa shape index (κ3) is 3.55. The maximum atomic E-state index is 12.7. The fraction of sp³-hybridized carbons (Fsp3) is 0.444. The van der Waals surface area contributed by atoms with E-state index in [1.807, 2.05) is 24.1 Å². The first-order valence-electron chi connectivity index (χ1n) is 8.24. The maximum absolute atomic E-state index is 12.7. The third-order valence-corrected chi connectivity index (χ3v) is 4.49. The lowest BCUT2D eigenvalue weighted by Crippen LogP contribution is -2.39. The molecule has 0 spiro atoms. The Bertz CT molecular complexity index is 636. The van der Waals surface area contributed by atoms with Crippen LogP contribution in [0.5, 0.6) is 0 Å². The second kappa shape index (κ2) is 6.86. The number of rotatable bonds is 3. The largest absolute Gasteiger partial charge is 0.370 e. The Hall–Kier alpha value is -2.30. The smallest absolute Gasteiger partial charge is 0.247 e. The molecule has 1 aromatic heterocycles. The minimum absolute atomic E-state index is 0.152. The predicted octanol–water partition coefficient (Wildman–Crippen LogP) is 2.49. The molecule has 0 bridgehead atoms. The first-order valence-corrected chi connectivity index (χ1v) is 8.24. The van der Waals surface area contributed by atoms with Crippen LogP contribution in [0.15, 0.2) is 42.7 Å². The van der Waals surface area contributed by atoms with Crippen LogP contribution in [0, 0.1) is 6.92 Å². The van der Waals surface area contributed by atoms with Crippen molar-refractivity contribution in [3.05, 3.63) is 48.3 Å². The van der Waals surface area contributed by atoms with Crippen LogP contribution in [0.25, 0.3) is 0 Å². The van der Waals surface area contributed by atoms with Gasteiger partial charge in [-0.15, -0.1) is 0 Å². The molecule has 0 saturated carbocycles. The summed E-state index contributed by atoms with van der Waals surface area (Å²) in [4.78, 5) is 17.0. The Morgan fingerprint density at radius 2 is 1.91 bits per heavy atom. The van der Waals surface area contributed by atoms with Crippen molar-refractivity contribution < 1.29 is 4.79 Å². The van der Waals surface area contributed by atoms with Gasteiger partial charge >= 0.3 is 0 Å². The molecule has 0 aliphatic carbocycles. The zero-order chi connectivity index (χ0) is 16.2. The topological polar surface area (TPSA) is 41.4 Å². The van der Waals surface area contributed by atoms with Crippen molar-refractivity contribution in [2.24, 2.45) is 0 Å². The van der Waals surface area contributed by atoms with Crippen LogP contribution in [0.1, 0.15) is 24.9 Å². The van der Waals surface area contributed by atoms with Crippen molar-refractivity contribution in [2.45, 2.75) is 26.3 Å². The van der Waals surface area contributed by atoms with Crippen LogP contribution in [-0.4, -0.2) is 46.8 Å².